The van der Waals surface area contributed by atoms with Gasteiger partial charge >= 0.3 is 5.97 Å². The van der Waals surface area contributed by atoms with E-state index < -0.39 is 23.6 Å². The fourth-order valence-electron chi connectivity index (χ4n) is 2.50. The van der Waals surface area contributed by atoms with Crippen LogP contribution >= 0.6 is 11.5 Å². The van der Waals surface area contributed by atoms with Crippen molar-refractivity contribution in [2.45, 2.75) is 25.7 Å². The van der Waals surface area contributed by atoms with Crippen LogP contribution < -0.4 is 10.6 Å². The van der Waals surface area contributed by atoms with E-state index in [2.05, 4.69) is 20.2 Å². The van der Waals surface area contributed by atoms with Gasteiger partial charge in [0.2, 0.25) is 5.91 Å². The SMILES string of the molecule is Cc1nnsc1C(=O)NCCNC(=O)CC(CC(=O)O)c1ccccc1F. The first kappa shape index (κ1) is 20.4. The predicted octanol–water partition coefficient (Wildman–Crippen LogP) is 1.48. The van der Waals surface area contributed by atoms with Crippen LogP contribution in [-0.2, 0) is 9.59 Å². The second-order valence-electron chi connectivity index (χ2n) is 5.81. The minimum atomic E-state index is -1.11. The normalized spacial score (nSPS) is 11.6. The predicted molar refractivity (Wildman–Crippen MR) is 96.0 cm³/mol. The molecule has 144 valence electrons. The van der Waals surface area contributed by atoms with E-state index in [1.54, 1.807) is 13.0 Å². The van der Waals surface area contributed by atoms with E-state index in [1.165, 1.54) is 18.2 Å². The molecule has 0 fully saturated rings. The smallest absolute Gasteiger partial charge is 0.303 e. The molecule has 2 amide bonds. The molecular weight excluding hydrogens is 375 g/mol. The van der Waals surface area contributed by atoms with Crippen LogP contribution in [-0.4, -0.2) is 45.6 Å². The summed E-state index contributed by atoms with van der Waals surface area (Å²) in [6.07, 6.45) is -0.526. The number of carboxylic acids is 1. The van der Waals surface area contributed by atoms with Crippen molar-refractivity contribution in [3.8, 4) is 0 Å². The summed E-state index contributed by atoms with van der Waals surface area (Å²) in [6, 6.07) is 5.80. The molecule has 0 bridgehead atoms. The van der Waals surface area contributed by atoms with E-state index in [1.807, 2.05) is 0 Å². The molecule has 27 heavy (non-hydrogen) atoms. The van der Waals surface area contributed by atoms with Crippen LogP contribution in [0.25, 0.3) is 0 Å². The lowest BCUT2D eigenvalue weighted by Gasteiger charge is -2.16. The fourth-order valence-corrected chi connectivity index (χ4v) is 3.08. The van der Waals surface area contributed by atoms with Gasteiger partial charge in [-0.2, -0.15) is 0 Å². The first-order valence-corrected chi connectivity index (χ1v) is 8.96. The maximum Gasteiger partial charge on any atom is 0.303 e. The summed E-state index contributed by atoms with van der Waals surface area (Å²) in [4.78, 5) is 35.4. The second kappa shape index (κ2) is 9.72. The Morgan fingerprint density at radius 3 is 2.52 bits per heavy atom. The first-order chi connectivity index (χ1) is 12.9. The zero-order valence-electron chi connectivity index (χ0n) is 14.6. The molecule has 2 aromatic rings. The second-order valence-corrected chi connectivity index (χ2v) is 6.57. The minimum Gasteiger partial charge on any atom is -0.481 e. The summed E-state index contributed by atoms with van der Waals surface area (Å²) in [6.45, 7) is 2.02. The summed E-state index contributed by atoms with van der Waals surface area (Å²) in [5, 5.41) is 18.0. The molecule has 0 radical (unpaired) electrons. The van der Waals surface area contributed by atoms with Crippen molar-refractivity contribution in [2.75, 3.05) is 13.1 Å². The van der Waals surface area contributed by atoms with Crippen LogP contribution in [0.1, 0.15) is 39.7 Å². The molecular formula is C17H19FN4O4S. The zero-order valence-corrected chi connectivity index (χ0v) is 15.4. The Balaban J connectivity index is 1.83. The van der Waals surface area contributed by atoms with Crippen molar-refractivity contribution in [3.63, 3.8) is 0 Å². The van der Waals surface area contributed by atoms with Crippen molar-refractivity contribution < 1.29 is 23.9 Å². The average molecular weight is 394 g/mol. The van der Waals surface area contributed by atoms with Crippen LogP contribution in [0, 0.1) is 12.7 Å². The van der Waals surface area contributed by atoms with Gasteiger partial charge in [0.25, 0.3) is 5.91 Å². The fraction of sp³-hybridized carbons (Fsp3) is 0.353. The molecule has 1 unspecified atom stereocenters. The zero-order chi connectivity index (χ0) is 19.8. The van der Waals surface area contributed by atoms with Crippen LogP contribution in [0.3, 0.4) is 0 Å². The van der Waals surface area contributed by atoms with E-state index in [0.717, 1.165) is 11.5 Å². The molecule has 0 saturated heterocycles. The number of rotatable bonds is 9. The van der Waals surface area contributed by atoms with E-state index in [4.69, 9.17) is 5.11 Å². The number of hydrogen-bond acceptors (Lipinski definition) is 6. The lowest BCUT2D eigenvalue weighted by atomic mass is 9.91. The first-order valence-electron chi connectivity index (χ1n) is 8.18. The Kier molecular flexibility index (Phi) is 7.35. The van der Waals surface area contributed by atoms with E-state index in [-0.39, 0.29) is 37.4 Å². The molecule has 10 heteroatoms. The number of benzene rings is 1. The third-order valence-electron chi connectivity index (χ3n) is 3.79. The molecule has 0 aliphatic heterocycles. The topological polar surface area (TPSA) is 121 Å². The third-order valence-corrected chi connectivity index (χ3v) is 4.62. The Morgan fingerprint density at radius 1 is 1.19 bits per heavy atom. The van der Waals surface area contributed by atoms with Gasteiger partial charge in [0, 0.05) is 25.4 Å². The van der Waals surface area contributed by atoms with Gasteiger partial charge in [-0.15, -0.1) is 5.10 Å². The standard InChI is InChI=1S/C17H19FN4O4S/c1-10-16(27-22-21-10)17(26)20-7-6-19-14(23)8-11(9-15(24)25)12-4-2-3-5-13(12)18/h2-5,11H,6-9H2,1H3,(H,19,23)(H,20,26)(H,24,25). The summed E-state index contributed by atoms with van der Waals surface area (Å²) >= 11 is 0.983. The van der Waals surface area contributed by atoms with Crippen LogP contribution in [0.2, 0.25) is 0 Å². The van der Waals surface area contributed by atoms with Crippen molar-refractivity contribution in [1.29, 1.82) is 0 Å². The maximum absolute atomic E-state index is 13.9. The van der Waals surface area contributed by atoms with Crippen molar-refractivity contribution >= 4 is 29.3 Å². The molecule has 1 heterocycles. The summed E-state index contributed by atoms with van der Waals surface area (Å²) in [5.74, 6) is -3.18. The Bertz CT molecular complexity index is 827. The van der Waals surface area contributed by atoms with Crippen LogP contribution in [0.5, 0.6) is 0 Å². The Hall–Kier alpha value is -2.88. The van der Waals surface area contributed by atoms with Crippen molar-refractivity contribution in [2.24, 2.45) is 0 Å². The van der Waals surface area contributed by atoms with Gasteiger partial charge in [0.15, 0.2) is 0 Å². The molecule has 1 aromatic carbocycles. The highest BCUT2D eigenvalue weighted by molar-refractivity contribution is 7.07. The van der Waals surface area contributed by atoms with E-state index >= 15 is 0 Å². The molecule has 1 atom stereocenters. The average Bonchev–Trinajstić information content (AvgIpc) is 3.04. The minimum absolute atomic E-state index is 0.160. The highest BCUT2D eigenvalue weighted by Gasteiger charge is 2.22. The molecule has 0 aliphatic rings. The number of halogens is 1. The number of carboxylic acid groups (broad SMARTS) is 1. The number of hydrogen-bond donors (Lipinski definition) is 3. The molecule has 8 nitrogen and oxygen atoms in total. The van der Waals surface area contributed by atoms with Gasteiger partial charge in [0.1, 0.15) is 10.7 Å². The van der Waals surface area contributed by atoms with Crippen molar-refractivity contribution in [1.82, 2.24) is 20.2 Å². The number of aryl methyl sites for hydroxylation is 1. The van der Waals surface area contributed by atoms with Crippen LogP contribution in [0.15, 0.2) is 24.3 Å². The number of nitrogens with zero attached hydrogens (tertiary/aromatic N) is 2. The summed E-state index contributed by atoms with van der Waals surface area (Å²) in [7, 11) is 0. The lowest BCUT2D eigenvalue weighted by molar-refractivity contribution is -0.137. The number of aliphatic carboxylic acids is 1. The van der Waals surface area contributed by atoms with Crippen molar-refractivity contribution in [3.05, 3.63) is 46.2 Å². The molecule has 0 aliphatic carbocycles. The number of aromatic nitrogens is 2. The van der Waals surface area contributed by atoms with Gasteiger partial charge in [-0.3, -0.25) is 14.4 Å². The summed E-state index contributed by atoms with van der Waals surface area (Å²) < 4.78 is 17.6. The van der Waals surface area contributed by atoms with E-state index in [9.17, 15) is 18.8 Å². The van der Waals surface area contributed by atoms with Gasteiger partial charge in [-0.1, -0.05) is 22.7 Å². The Labute approximate surface area is 159 Å². The molecule has 2 rings (SSSR count). The molecule has 0 saturated carbocycles. The third kappa shape index (κ3) is 6.10. The molecule has 1 aromatic heterocycles. The molecule has 3 N–H and O–H groups in total. The van der Waals surface area contributed by atoms with Gasteiger partial charge in [0.05, 0.1) is 12.1 Å². The molecule has 0 spiro atoms. The lowest BCUT2D eigenvalue weighted by Crippen LogP contribution is -2.35. The largest absolute Gasteiger partial charge is 0.481 e. The Morgan fingerprint density at radius 2 is 1.89 bits per heavy atom. The number of carbonyl (C=O) groups excluding carboxylic acids is 2. The van der Waals surface area contributed by atoms with E-state index in [0.29, 0.717) is 10.6 Å². The van der Waals surface area contributed by atoms with Gasteiger partial charge in [-0.05, 0) is 30.1 Å². The number of amides is 2. The monoisotopic (exact) mass is 394 g/mol. The number of carbonyl (C=O) groups is 3. The number of nitrogens with one attached hydrogen (secondary N) is 2. The highest BCUT2D eigenvalue weighted by Crippen LogP contribution is 2.25. The van der Waals surface area contributed by atoms with Crippen LogP contribution in [0.4, 0.5) is 4.39 Å². The highest BCUT2D eigenvalue weighted by atomic mass is 32.1. The maximum atomic E-state index is 13.9. The van der Waals surface area contributed by atoms with Gasteiger partial charge in [-0.25, -0.2) is 4.39 Å². The quantitative estimate of drug-likeness (QED) is 0.554. The summed E-state index contributed by atoms with van der Waals surface area (Å²) in [5.41, 5.74) is 0.722. The van der Waals surface area contributed by atoms with Gasteiger partial charge < -0.3 is 15.7 Å².